The topological polar surface area (TPSA) is 78.4 Å². The summed E-state index contributed by atoms with van der Waals surface area (Å²) < 4.78 is 37.1. The van der Waals surface area contributed by atoms with Crippen molar-refractivity contribution in [1.82, 2.24) is 5.32 Å². The van der Waals surface area contributed by atoms with Crippen LogP contribution in [0.15, 0.2) is 24.3 Å². The molecule has 24 heavy (non-hydrogen) atoms. The van der Waals surface area contributed by atoms with Crippen LogP contribution in [0.5, 0.6) is 0 Å². The highest BCUT2D eigenvalue weighted by atomic mass is 19.4. The van der Waals surface area contributed by atoms with Gasteiger partial charge in [-0.3, -0.25) is 9.59 Å². The Morgan fingerprint density at radius 1 is 1.21 bits per heavy atom. The molecule has 5 nitrogen and oxygen atoms in total. The van der Waals surface area contributed by atoms with Crippen LogP contribution < -0.4 is 10.6 Å². The lowest BCUT2D eigenvalue weighted by Gasteiger charge is -2.14. The van der Waals surface area contributed by atoms with E-state index in [0.29, 0.717) is 6.42 Å². The van der Waals surface area contributed by atoms with E-state index in [-0.39, 0.29) is 23.7 Å². The minimum absolute atomic E-state index is 0.0132. The summed E-state index contributed by atoms with van der Waals surface area (Å²) in [6, 6.07) is 5.22. The van der Waals surface area contributed by atoms with Crippen molar-refractivity contribution in [1.29, 1.82) is 0 Å². The van der Waals surface area contributed by atoms with Crippen LogP contribution >= 0.6 is 0 Å². The molecule has 0 aliphatic rings. The first-order chi connectivity index (χ1) is 11.1. The van der Waals surface area contributed by atoms with Crippen LogP contribution in [0.4, 0.5) is 18.9 Å². The normalized spacial score (nSPS) is 12.8. The van der Waals surface area contributed by atoms with Crippen molar-refractivity contribution in [3.05, 3.63) is 29.8 Å². The average molecular weight is 346 g/mol. The van der Waals surface area contributed by atoms with Gasteiger partial charge in [0, 0.05) is 12.2 Å². The number of benzene rings is 1. The molecule has 0 aliphatic heterocycles. The van der Waals surface area contributed by atoms with Crippen LogP contribution in [0, 0.1) is 5.92 Å². The SMILES string of the molecule is CC(C)C(O)CCNC(=O)C(=O)Nc1cccc(CC(F)(F)F)c1. The van der Waals surface area contributed by atoms with E-state index < -0.39 is 30.5 Å². The first kappa shape index (κ1) is 20.0. The monoisotopic (exact) mass is 346 g/mol. The number of nitrogens with one attached hydrogen (secondary N) is 2. The highest BCUT2D eigenvalue weighted by molar-refractivity contribution is 6.39. The molecule has 0 heterocycles. The molecule has 1 aromatic carbocycles. The van der Waals surface area contributed by atoms with Gasteiger partial charge in [-0.2, -0.15) is 13.2 Å². The Labute approximate surface area is 138 Å². The molecule has 8 heteroatoms. The highest BCUT2D eigenvalue weighted by Crippen LogP contribution is 2.22. The first-order valence-corrected chi connectivity index (χ1v) is 7.51. The molecule has 0 aromatic heterocycles. The molecule has 0 aliphatic carbocycles. The fourth-order valence-corrected chi connectivity index (χ4v) is 1.93. The molecule has 1 rings (SSSR count). The third kappa shape index (κ3) is 7.45. The van der Waals surface area contributed by atoms with Gasteiger partial charge in [-0.1, -0.05) is 26.0 Å². The fraction of sp³-hybridized carbons (Fsp3) is 0.500. The number of aliphatic hydroxyl groups is 1. The van der Waals surface area contributed by atoms with Crippen molar-refractivity contribution in [3.8, 4) is 0 Å². The minimum Gasteiger partial charge on any atom is -0.393 e. The van der Waals surface area contributed by atoms with Crippen molar-refractivity contribution in [2.45, 2.75) is 39.0 Å². The molecule has 1 aromatic rings. The number of carbonyl (C=O) groups is 2. The molecule has 134 valence electrons. The van der Waals surface area contributed by atoms with Crippen molar-refractivity contribution >= 4 is 17.5 Å². The van der Waals surface area contributed by atoms with Crippen LogP contribution in [0.1, 0.15) is 25.8 Å². The number of rotatable bonds is 6. The van der Waals surface area contributed by atoms with E-state index in [1.165, 1.54) is 24.3 Å². The van der Waals surface area contributed by atoms with Gasteiger partial charge < -0.3 is 15.7 Å². The van der Waals surface area contributed by atoms with Gasteiger partial charge >= 0.3 is 18.0 Å². The van der Waals surface area contributed by atoms with Crippen LogP contribution in [-0.2, 0) is 16.0 Å². The molecular formula is C16H21F3N2O3. The summed E-state index contributed by atoms with van der Waals surface area (Å²) in [6.07, 6.45) is -5.75. The number of anilines is 1. The summed E-state index contributed by atoms with van der Waals surface area (Å²) in [5.41, 5.74) is 0.0971. The molecule has 0 saturated carbocycles. The van der Waals surface area contributed by atoms with Gasteiger partial charge in [0.25, 0.3) is 0 Å². The van der Waals surface area contributed by atoms with Crippen LogP contribution in [-0.4, -0.2) is 35.7 Å². The number of halogens is 3. The van der Waals surface area contributed by atoms with Gasteiger partial charge in [-0.05, 0) is 30.0 Å². The van der Waals surface area contributed by atoms with Gasteiger partial charge in [-0.25, -0.2) is 0 Å². The predicted molar refractivity (Wildman–Crippen MR) is 83.3 cm³/mol. The van der Waals surface area contributed by atoms with Crippen LogP contribution in [0.2, 0.25) is 0 Å². The molecule has 0 radical (unpaired) electrons. The molecular weight excluding hydrogens is 325 g/mol. The summed E-state index contributed by atoms with van der Waals surface area (Å²) in [7, 11) is 0. The maximum Gasteiger partial charge on any atom is 0.393 e. The van der Waals surface area contributed by atoms with E-state index in [2.05, 4.69) is 10.6 Å². The molecule has 1 atom stereocenters. The zero-order chi connectivity index (χ0) is 18.3. The lowest BCUT2D eigenvalue weighted by Crippen LogP contribution is -2.37. The highest BCUT2D eigenvalue weighted by Gasteiger charge is 2.27. The van der Waals surface area contributed by atoms with E-state index in [4.69, 9.17) is 0 Å². The Morgan fingerprint density at radius 3 is 2.46 bits per heavy atom. The summed E-state index contributed by atoms with van der Waals surface area (Å²) in [5.74, 6) is -1.85. The second-order valence-electron chi connectivity index (χ2n) is 5.80. The van der Waals surface area contributed by atoms with Crippen molar-refractivity contribution in [3.63, 3.8) is 0 Å². The van der Waals surface area contributed by atoms with Gasteiger partial charge in [0.15, 0.2) is 0 Å². The maximum atomic E-state index is 12.4. The van der Waals surface area contributed by atoms with E-state index >= 15 is 0 Å². The summed E-state index contributed by atoms with van der Waals surface area (Å²) in [5, 5.41) is 14.2. The third-order valence-corrected chi connectivity index (χ3v) is 3.29. The van der Waals surface area contributed by atoms with Gasteiger partial charge in [0.2, 0.25) is 0 Å². The van der Waals surface area contributed by atoms with Gasteiger partial charge in [0.1, 0.15) is 0 Å². The summed E-state index contributed by atoms with van der Waals surface area (Å²) >= 11 is 0. The fourth-order valence-electron chi connectivity index (χ4n) is 1.93. The quantitative estimate of drug-likeness (QED) is 0.692. The standard InChI is InChI=1S/C16H21F3N2O3/c1-10(2)13(22)6-7-20-14(23)15(24)21-12-5-3-4-11(8-12)9-16(17,18)19/h3-5,8,10,13,22H,6-7,9H2,1-2H3,(H,20,23)(H,21,24). The minimum atomic E-state index is -4.35. The van der Waals surface area contributed by atoms with Gasteiger partial charge in [0.05, 0.1) is 12.5 Å². The van der Waals surface area contributed by atoms with Crippen molar-refractivity contribution in [2.24, 2.45) is 5.92 Å². The third-order valence-electron chi connectivity index (χ3n) is 3.29. The first-order valence-electron chi connectivity index (χ1n) is 7.51. The van der Waals surface area contributed by atoms with Crippen LogP contribution in [0.3, 0.4) is 0 Å². The zero-order valence-corrected chi connectivity index (χ0v) is 13.5. The zero-order valence-electron chi connectivity index (χ0n) is 13.5. The lowest BCUT2D eigenvalue weighted by atomic mass is 10.0. The Kier molecular flexibility index (Phi) is 7.21. The number of hydrogen-bond donors (Lipinski definition) is 3. The van der Waals surface area contributed by atoms with Crippen molar-refractivity contribution < 1.29 is 27.9 Å². The Balaban J connectivity index is 2.52. The molecule has 0 saturated heterocycles. The van der Waals surface area contributed by atoms with E-state index in [1.807, 2.05) is 13.8 Å². The lowest BCUT2D eigenvalue weighted by molar-refractivity contribution is -0.136. The summed E-state index contributed by atoms with van der Waals surface area (Å²) in [6.45, 7) is 3.78. The number of alkyl halides is 3. The van der Waals surface area contributed by atoms with Crippen molar-refractivity contribution in [2.75, 3.05) is 11.9 Å². The largest absolute Gasteiger partial charge is 0.393 e. The smallest absolute Gasteiger partial charge is 0.393 e. The van der Waals surface area contributed by atoms with Gasteiger partial charge in [-0.15, -0.1) is 0 Å². The predicted octanol–water partition coefficient (Wildman–Crippen LogP) is 2.25. The molecule has 2 amide bonds. The second-order valence-corrected chi connectivity index (χ2v) is 5.80. The number of aliphatic hydroxyl groups excluding tert-OH is 1. The second kappa shape index (κ2) is 8.68. The number of carbonyl (C=O) groups excluding carboxylic acids is 2. The number of hydrogen-bond acceptors (Lipinski definition) is 3. The molecule has 0 bridgehead atoms. The number of amides is 2. The molecule has 0 fully saturated rings. The van der Waals surface area contributed by atoms with E-state index in [9.17, 15) is 27.9 Å². The molecule has 1 unspecified atom stereocenters. The Hall–Kier alpha value is -2.09. The summed E-state index contributed by atoms with van der Waals surface area (Å²) in [4.78, 5) is 23.3. The Bertz CT molecular complexity index is 574. The molecule has 0 spiro atoms. The van der Waals surface area contributed by atoms with E-state index in [1.54, 1.807) is 0 Å². The van der Waals surface area contributed by atoms with E-state index in [0.717, 1.165) is 0 Å². The van der Waals surface area contributed by atoms with Crippen LogP contribution in [0.25, 0.3) is 0 Å². The maximum absolute atomic E-state index is 12.4. The molecule has 3 N–H and O–H groups in total. The average Bonchev–Trinajstić information content (AvgIpc) is 2.45. The Morgan fingerprint density at radius 2 is 1.88 bits per heavy atom.